The Labute approximate surface area is 442 Å². The van der Waals surface area contributed by atoms with Gasteiger partial charge in [-0.3, -0.25) is 18.7 Å². The van der Waals surface area contributed by atoms with Gasteiger partial charge >= 0.3 is 24.0 Å². The van der Waals surface area contributed by atoms with E-state index in [0.717, 1.165) is 36.4 Å². The molecule has 0 aromatic heterocycles. The Bertz CT molecular complexity index is 3530. The van der Waals surface area contributed by atoms with Crippen molar-refractivity contribution < 1.29 is 75.1 Å². The summed E-state index contributed by atoms with van der Waals surface area (Å²) < 4.78 is 63.4. The third kappa shape index (κ3) is 15.0. The van der Waals surface area contributed by atoms with Gasteiger partial charge in [-0.05, 0) is 159 Å². The molecular formula is C50H44N10O16S2. The Balaban J connectivity index is 1.08. The van der Waals surface area contributed by atoms with Crippen LogP contribution in [0.25, 0.3) is 11.1 Å². The van der Waals surface area contributed by atoms with E-state index in [9.17, 15) is 66.0 Å². The number of carboxylic acid groups (broad SMARTS) is 2. The van der Waals surface area contributed by atoms with E-state index in [4.69, 9.17) is 9.11 Å². The molecule has 0 unspecified atom stereocenters. The number of carbonyl (C=O) groups is 6. The number of aryl methyl sites for hydroxylation is 2. The number of nitrogens with one attached hydrogen (secondary N) is 6. The van der Waals surface area contributed by atoms with E-state index < -0.39 is 99.9 Å². The standard InChI is InChI=1S/C50H44N10O16S2/c1-25-21-29(5-17-39(25)55-45(63)43(27(3)61)59-57-41-19-11-33(23-37(41)47(65)66)53-49(69)51-31-7-13-35(14-8-31)77(71,72)73)30-6-18-40(26(2)22-30)56-46(64)44(28(4)62)60-58-42-20-12-34(24-38(42)48(67)68)54-50(70)52-32-9-15-36(16-10-32)78(74,75)76/h5-24,61-62H,1-4H3,(H,55,63)(H,56,64)(H,65,66)(H,67,68)(H2,51,53,69)(H2,52,54,70)(H,71,72,73)(H,74,75,76)/b43-27-,44-28-,59-57?,60-58?. The fraction of sp³-hybridized carbons (Fsp3) is 0.0800. The van der Waals surface area contributed by atoms with E-state index in [1.807, 2.05) is 0 Å². The molecule has 28 heteroatoms. The average Bonchev–Trinajstić information content (AvgIpc) is 3.36. The Kier molecular flexibility index (Phi) is 17.6. The normalized spacial score (nSPS) is 12.2. The number of rotatable bonds is 17. The van der Waals surface area contributed by atoms with Crippen LogP contribution in [-0.4, -0.2) is 82.2 Å². The molecule has 0 saturated heterocycles. The number of benzene rings is 6. The van der Waals surface area contributed by atoms with E-state index in [2.05, 4.69) is 52.4 Å². The fourth-order valence-corrected chi connectivity index (χ4v) is 7.81. The van der Waals surface area contributed by atoms with Crippen molar-refractivity contribution >= 4 is 102 Å². The molecule has 6 aromatic rings. The van der Waals surface area contributed by atoms with Gasteiger partial charge in [-0.15, -0.1) is 20.5 Å². The molecule has 78 heavy (non-hydrogen) atoms. The monoisotopic (exact) mass is 1100 g/mol. The summed E-state index contributed by atoms with van der Waals surface area (Å²) in [6, 6.07) is 24.5. The van der Waals surface area contributed by atoms with Crippen LogP contribution in [0.2, 0.25) is 0 Å². The summed E-state index contributed by atoms with van der Waals surface area (Å²) >= 11 is 0. The van der Waals surface area contributed by atoms with Crippen LogP contribution in [0.1, 0.15) is 45.7 Å². The molecular weight excluding hydrogens is 1060 g/mol. The van der Waals surface area contributed by atoms with Crippen molar-refractivity contribution in [2.75, 3.05) is 31.9 Å². The minimum absolute atomic E-state index is 0.00176. The SMILES string of the molecule is C/C(O)=C(/N=Nc1ccc(NC(=O)Nc2ccc(S(=O)(=O)O)cc2)cc1C(=O)O)C(=O)Nc1ccc(-c2ccc(NC(=O)/C(N=Nc3ccc(NC(=O)Nc4ccc(S(=O)(=O)O)cc4)cc3C(=O)O)=C(\C)O)c(C)c2)cc1C. The maximum Gasteiger partial charge on any atom is 0.338 e. The summed E-state index contributed by atoms with van der Waals surface area (Å²) in [5.74, 6) is -5.88. The molecule has 402 valence electrons. The highest BCUT2D eigenvalue weighted by Crippen LogP contribution is 2.31. The zero-order valence-corrected chi connectivity index (χ0v) is 42.6. The zero-order valence-electron chi connectivity index (χ0n) is 40.9. The fourth-order valence-electron chi connectivity index (χ4n) is 6.85. The number of anilines is 6. The molecule has 0 spiro atoms. The number of aliphatic hydroxyl groups excluding tert-OH is 2. The van der Waals surface area contributed by atoms with Crippen LogP contribution in [0.4, 0.5) is 55.1 Å². The van der Waals surface area contributed by atoms with Crippen LogP contribution >= 0.6 is 0 Å². The highest BCUT2D eigenvalue weighted by atomic mass is 32.2. The number of allylic oxidation sites excluding steroid dienone is 2. The largest absolute Gasteiger partial charge is 0.510 e. The van der Waals surface area contributed by atoms with E-state index in [-0.39, 0.29) is 34.1 Å². The number of carbonyl (C=O) groups excluding carboxylic acids is 4. The molecule has 0 radical (unpaired) electrons. The van der Waals surface area contributed by atoms with Crippen LogP contribution < -0.4 is 31.9 Å². The molecule has 6 rings (SSSR count). The number of hydrogen-bond acceptors (Lipinski definition) is 16. The molecule has 0 bridgehead atoms. The van der Waals surface area contributed by atoms with E-state index in [1.165, 1.54) is 62.4 Å². The maximum atomic E-state index is 13.4. The van der Waals surface area contributed by atoms with Gasteiger partial charge in [-0.25, -0.2) is 19.2 Å². The zero-order chi connectivity index (χ0) is 57.2. The first-order chi connectivity index (χ1) is 36.7. The molecule has 0 fully saturated rings. The lowest BCUT2D eigenvalue weighted by molar-refractivity contribution is -0.113. The Morgan fingerprint density at radius 3 is 1.04 bits per heavy atom. The molecule has 6 amide bonds. The van der Waals surface area contributed by atoms with Gasteiger partial charge in [0, 0.05) is 34.1 Å². The second-order valence-corrected chi connectivity index (χ2v) is 19.3. The molecule has 0 atom stereocenters. The first-order valence-corrected chi connectivity index (χ1v) is 25.1. The summed E-state index contributed by atoms with van der Waals surface area (Å²) in [7, 11) is -8.92. The quantitative estimate of drug-likeness (QED) is 0.0175. The average molecular weight is 1110 g/mol. The second-order valence-electron chi connectivity index (χ2n) is 16.5. The summed E-state index contributed by atoms with van der Waals surface area (Å²) in [6.45, 7) is 5.71. The van der Waals surface area contributed by atoms with E-state index in [0.29, 0.717) is 33.6 Å². The van der Waals surface area contributed by atoms with Crippen LogP contribution in [0.5, 0.6) is 0 Å². The lowest BCUT2D eigenvalue weighted by Gasteiger charge is -2.13. The van der Waals surface area contributed by atoms with Gasteiger partial charge in [-0.2, -0.15) is 16.8 Å². The first-order valence-electron chi connectivity index (χ1n) is 22.2. The minimum atomic E-state index is -4.46. The van der Waals surface area contributed by atoms with Gasteiger partial charge in [0.2, 0.25) is 0 Å². The number of amides is 6. The van der Waals surface area contributed by atoms with Crippen LogP contribution in [-0.2, 0) is 29.8 Å². The van der Waals surface area contributed by atoms with Crippen LogP contribution in [0.15, 0.2) is 174 Å². The topological polar surface area (TPSA) is 414 Å². The molecule has 0 aliphatic rings. The smallest absolute Gasteiger partial charge is 0.338 e. The highest BCUT2D eigenvalue weighted by molar-refractivity contribution is 7.86. The van der Waals surface area contributed by atoms with Crippen molar-refractivity contribution in [1.82, 2.24) is 0 Å². The molecule has 0 aliphatic carbocycles. The summed E-state index contributed by atoms with van der Waals surface area (Å²) in [4.78, 5) is 75.5. The summed E-state index contributed by atoms with van der Waals surface area (Å²) in [5, 5.41) is 71.0. The summed E-state index contributed by atoms with van der Waals surface area (Å²) in [5.41, 5.74) is 0.861. The van der Waals surface area contributed by atoms with Gasteiger partial charge in [-0.1, -0.05) is 12.1 Å². The highest BCUT2D eigenvalue weighted by Gasteiger charge is 2.21. The Morgan fingerprint density at radius 2 is 0.744 bits per heavy atom. The molecule has 0 aliphatic heterocycles. The molecule has 0 heterocycles. The number of aliphatic hydroxyl groups is 2. The molecule has 26 nitrogen and oxygen atoms in total. The van der Waals surface area contributed by atoms with Crippen molar-refractivity contribution in [3.05, 3.63) is 166 Å². The Morgan fingerprint density at radius 1 is 0.423 bits per heavy atom. The maximum absolute atomic E-state index is 13.4. The lowest BCUT2D eigenvalue weighted by atomic mass is 10.00. The number of hydrogen-bond donors (Lipinski definition) is 12. The summed E-state index contributed by atoms with van der Waals surface area (Å²) in [6.07, 6.45) is 0. The third-order valence-corrected chi connectivity index (χ3v) is 12.4. The minimum Gasteiger partial charge on any atom is -0.510 e. The Hall–Kier alpha value is -10.2. The predicted octanol–water partition coefficient (Wildman–Crippen LogP) is 10.2. The van der Waals surface area contributed by atoms with Crippen LogP contribution in [0, 0.1) is 13.8 Å². The van der Waals surface area contributed by atoms with Gasteiger partial charge in [0.15, 0.2) is 11.4 Å². The lowest BCUT2D eigenvalue weighted by Crippen LogP contribution is -2.19. The van der Waals surface area contributed by atoms with E-state index in [1.54, 1.807) is 50.2 Å². The van der Waals surface area contributed by atoms with Crippen LogP contribution in [0.3, 0.4) is 0 Å². The molecule has 12 N–H and O–H groups in total. The predicted molar refractivity (Wildman–Crippen MR) is 283 cm³/mol. The molecule has 0 saturated carbocycles. The van der Waals surface area contributed by atoms with Gasteiger partial charge in [0.25, 0.3) is 32.1 Å². The first kappa shape index (κ1) is 57.1. The number of carboxylic acids is 2. The van der Waals surface area contributed by atoms with Crippen molar-refractivity contribution in [3.63, 3.8) is 0 Å². The number of nitrogens with zero attached hydrogens (tertiary/aromatic N) is 4. The third-order valence-electron chi connectivity index (χ3n) is 10.7. The number of urea groups is 2. The molecule has 6 aromatic carbocycles. The van der Waals surface area contributed by atoms with Crippen molar-refractivity contribution in [2.45, 2.75) is 37.5 Å². The van der Waals surface area contributed by atoms with Gasteiger partial charge in [0.1, 0.15) is 22.9 Å². The van der Waals surface area contributed by atoms with Crippen molar-refractivity contribution in [1.29, 1.82) is 0 Å². The van der Waals surface area contributed by atoms with E-state index >= 15 is 0 Å². The second kappa shape index (κ2) is 24.0. The van der Waals surface area contributed by atoms with Crippen molar-refractivity contribution in [3.8, 4) is 11.1 Å². The number of azo groups is 2. The number of aromatic carboxylic acids is 2. The van der Waals surface area contributed by atoms with Gasteiger partial charge in [0.05, 0.1) is 20.9 Å². The van der Waals surface area contributed by atoms with Crippen molar-refractivity contribution in [2.24, 2.45) is 20.5 Å². The van der Waals surface area contributed by atoms with Gasteiger partial charge < -0.3 is 52.3 Å².